The molecule has 27 heavy (non-hydrogen) atoms. The number of nitrogens with one attached hydrogen (secondary N) is 1. The van der Waals surface area contributed by atoms with E-state index in [2.05, 4.69) is 5.32 Å². The van der Waals surface area contributed by atoms with Gasteiger partial charge in [-0.15, -0.1) is 0 Å². The number of nitrogens with zero attached hydrogens (tertiary/aromatic N) is 2. The summed E-state index contributed by atoms with van der Waals surface area (Å²) in [5.41, 5.74) is -2.04. The summed E-state index contributed by atoms with van der Waals surface area (Å²) in [5.74, 6) is -0.374. The lowest BCUT2D eigenvalue weighted by Crippen LogP contribution is -2.55. The highest BCUT2D eigenvalue weighted by Gasteiger charge is 2.52. The SMILES string of the molecule is CCN1C(=O)NC2(CCN(S(=O)(=O)c3ccc(C(F)(F)F)cc3)CC2)C1=O. The van der Waals surface area contributed by atoms with Crippen LogP contribution >= 0.6 is 0 Å². The number of carbonyl (C=O) groups excluding carboxylic acids is 2. The van der Waals surface area contributed by atoms with Crippen LogP contribution in [0.4, 0.5) is 18.0 Å². The van der Waals surface area contributed by atoms with Gasteiger partial charge in [-0.05, 0) is 44.0 Å². The Hall–Kier alpha value is -2.14. The first-order valence-corrected chi connectivity index (χ1v) is 9.77. The molecule has 1 N–H and O–H groups in total. The van der Waals surface area contributed by atoms with Gasteiger partial charge in [0.15, 0.2) is 0 Å². The number of rotatable bonds is 3. The first-order valence-electron chi connectivity index (χ1n) is 8.33. The molecule has 0 bridgehead atoms. The zero-order valence-electron chi connectivity index (χ0n) is 14.4. The van der Waals surface area contributed by atoms with Gasteiger partial charge in [0, 0.05) is 19.6 Å². The molecule has 2 heterocycles. The quantitative estimate of drug-likeness (QED) is 0.777. The van der Waals surface area contributed by atoms with Gasteiger partial charge < -0.3 is 5.32 Å². The lowest BCUT2D eigenvalue weighted by Gasteiger charge is -2.36. The minimum atomic E-state index is -4.55. The monoisotopic (exact) mass is 405 g/mol. The molecule has 148 valence electrons. The number of carbonyl (C=O) groups is 2. The van der Waals surface area contributed by atoms with Crippen molar-refractivity contribution in [2.75, 3.05) is 19.6 Å². The Balaban J connectivity index is 1.76. The highest BCUT2D eigenvalue weighted by atomic mass is 32.2. The predicted molar refractivity (Wildman–Crippen MR) is 88.1 cm³/mol. The Labute approximate surface area is 154 Å². The second kappa shape index (κ2) is 6.48. The normalized spacial score (nSPS) is 21.0. The molecule has 0 atom stereocenters. The maximum absolute atomic E-state index is 12.7. The van der Waals surface area contributed by atoms with E-state index in [9.17, 15) is 31.2 Å². The van der Waals surface area contributed by atoms with E-state index in [1.54, 1.807) is 6.92 Å². The molecule has 11 heteroatoms. The number of benzene rings is 1. The molecule has 2 fully saturated rings. The van der Waals surface area contributed by atoms with Crippen LogP contribution in [0.2, 0.25) is 0 Å². The molecule has 1 spiro atoms. The van der Waals surface area contributed by atoms with Crippen molar-refractivity contribution in [2.45, 2.75) is 36.4 Å². The molecular weight excluding hydrogens is 387 g/mol. The summed E-state index contributed by atoms with van der Waals surface area (Å²) in [5, 5.41) is 2.65. The summed E-state index contributed by atoms with van der Waals surface area (Å²) in [7, 11) is -3.99. The Morgan fingerprint density at radius 3 is 2.11 bits per heavy atom. The summed E-state index contributed by atoms with van der Waals surface area (Å²) in [4.78, 5) is 25.2. The van der Waals surface area contributed by atoms with Gasteiger partial charge in [-0.2, -0.15) is 17.5 Å². The zero-order chi connectivity index (χ0) is 20.0. The number of likely N-dealkylation sites (N-methyl/N-ethyl adjacent to an activating group) is 1. The minimum absolute atomic E-state index is 0.0209. The third-order valence-electron chi connectivity index (χ3n) is 4.96. The summed E-state index contributed by atoms with van der Waals surface area (Å²) in [6.07, 6.45) is -4.34. The lowest BCUT2D eigenvalue weighted by atomic mass is 9.88. The Kier molecular flexibility index (Phi) is 4.71. The Bertz CT molecular complexity index is 860. The summed E-state index contributed by atoms with van der Waals surface area (Å²) in [6, 6.07) is 2.78. The molecular formula is C16H18F3N3O4S. The fraction of sp³-hybridized carbons (Fsp3) is 0.500. The van der Waals surface area contributed by atoms with E-state index in [0.29, 0.717) is 0 Å². The molecule has 2 aliphatic heterocycles. The van der Waals surface area contributed by atoms with Gasteiger partial charge in [0.2, 0.25) is 10.0 Å². The maximum Gasteiger partial charge on any atom is 0.416 e. The minimum Gasteiger partial charge on any atom is -0.323 e. The van der Waals surface area contributed by atoms with E-state index in [1.807, 2.05) is 0 Å². The molecule has 3 amide bonds. The average Bonchev–Trinajstić information content (AvgIpc) is 2.84. The van der Waals surface area contributed by atoms with E-state index in [4.69, 9.17) is 0 Å². The third-order valence-corrected chi connectivity index (χ3v) is 6.87. The molecule has 0 radical (unpaired) electrons. The molecule has 0 unspecified atom stereocenters. The Morgan fingerprint density at radius 1 is 1.11 bits per heavy atom. The summed E-state index contributed by atoms with van der Waals surface area (Å²) < 4.78 is 64.4. The molecule has 3 rings (SSSR count). The average molecular weight is 405 g/mol. The van der Waals surface area contributed by atoms with Crippen molar-refractivity contribution in [2.24, 2.45) is 0 Å². The number of imide groups is 1. The number of halogens is 3. The molecule has 0 aliphatic carbocycles. The standard InChI is InChI=1S/C16H18F3N3O4S/c1-2-22-13(23)15(20-14(22)24)7-9-21(10-8-15)27(25,26)12-5-3-11(4-6-12)16(17,18)19/h3-6H,2,7-10H2,1H3,(H,20,24). The molecule has 0 aromatic heterocycles. The van der Waals surface area contributed by atoms with Gasteiger partial charge in [-0.1, -0.05) is 0 Å². The first-order chi connectivity index (χ1) is 12.5. The molecule has 1 aromatic rings. The highest BCUT2D eigenvalue weighted by Crippen LogP contribution is 2.33. The van der Waals surface area contributed by atoms with E-state index in [0.717, 1.165) is 33.5 Å². The van der Waals surface area contributed by atoms with Gasteiger partial charge in [-0.3, -0.25) is 9.69 Å². The topological polar surface area (TPSA) is 86.8 Å². The van der Waals surface area contributed by atoms with Crippen molar-refractivity contribution in [3.05, 3.63) is 29.8 Å². The predicted octanol–water partition coefficient (Wildman–Crippen LogP) is 1.80. The van der Waals surface area contributed by atoms with Crippen LogP contribution in [0.25, 0.3) is 0 Å². The van der Waals surface area contributed by atoms with Gasteiger partial charge in [0.1, 0.15) is 5.54 Å². The van der Waals surface area contributed by atoms with Crippen LogP contribution in [-0.2, 0) is 21.0 Å². The number of piperidine rings is 1. The fourth-order valence-corrected chi connectivity index (χ4v) is 4.82. The Morgan fingerprint density at radius 2 is 1.67 bits per heavy atom. The zero-order valence-corrected chi connectivity index (χ0v) is 15.2. The molecule has 2 saturated heterocycles. The fourth-order valence-electron chi connectivity index (χ4n) is 3.38. The number of alkyl halides is 3. The van der Waals surface area contributed by atoms with Crippen molar-refractivity contribution in [3.8, 4) is 0 Å². The smallest absolute Gasteiger partial charge is 0.323 e. The largest absolute Gasteiger partial charge is 0.416 e. The number of hydrogen-bond donors (Lipinski definition) is 1. The number of urea groups is 1. The van der Waals surface area contributed by atoms with Crippen molar-refractivity contribution in [1.29, 1.82) is 0 Å². The molecule has 2 aliphatic rings. The number of hydrogen-bond acceptors (Lipinski definition) is 4. The lowest BCUT2D eigenvalue weighted by molar-refractivity contribution is -0.137. The number of sulfonamides is 1. The summed E-state index contributed by atoms with van der Waals surface area (Å²) >= 11 is 0. The second-order valence-electron chi connectivity index (χ2n) is 6.49. The molecule has 1 aromatic carbocycles. The van der Waals surface area contributed by atoms with Gasteiger partial charge in [-0.25, -0.2) is 13.2 Å². The van der Waals surface area contributed by atoms with Crippen molar-refractivity contribution >= 4 is 22.0 Å². The van der Waals surface area contributed by atoms with Gasteiger partial charge in [0.05, 0.1) is 10.5 Å². The first kappa shape index (κ1) is 19.6. The van der Waals surface area contributed by atoms with Crippen LogP contribution < -0.4 is 5.32 Å². The maximum atomic E-state index is 12.7. The van der Waals surface area contributed by atoms with Crippen molar-refractivity contribution in [1.82, 2.24) is 14.5 Å². The number of amides is 3. The van der Waals surface area contributed by atoms with E-state index < -0.39 is 33.3 Å². The van der Waals surface area contributed by atoms with E-state index >= 15 is 0 Å². The summed E-state index contributed by atoms with van der Waals surface area (Å²) in [6.45, 7) is 1.85. The van der Waals surface area contributed by atoms with Crippen LogP contribution in [-0.4, -0.2) is 54.7 Å². The van der Waals surface area contributed by atoms with Crippen LogP contribution in [0.15, 0.2) is 29.2 Å². The van der Waals surface area contributed by atoms with Crippen LogP contribution in [0, 0.1) is 0 Å². The molecule has 0 saturated carbocycles. The van der Waals surface area contributed by atoms with Crippen LogP contribution in [0.3, 0.4) is 0 Å². The third kappa shape index (κ3) is 3.29. The molecule has 7 nitrogen and oxygen atoms in total. The van der Waals surface area contributed by atoms with E-state index in [1.165, 1.54) is 0 Å². The van der Waals surface area contributed by atoms with Crippen molar-refractivity contribution in [3.63, 3.8) is 0 Å². The van der Waals surface area contributed by atoms with Gasteiger partial charge in [0.25, 0.3) is 5.91 Å². The van der Waals surface area contributed by atoms with Crippen LogP contribution in [0.5, 0.6) is 0 Å². The van der Waals surface area contributed by atoms with Crippen molar-refractivity contribution < 1.29 is 31.2 Å². The van der Waals surface area contributed by atoms with Gasteiger partial charge >= 0.3 is 12.2 Å². The van der Waals surface area contributed by atoms with Crippen LogP contribution in [0.1, 0.15) is 25.3 Å². The highest BCUT2D eigenvalue weighted by molar-refractivity contribution is 7.89. The second-order valence-corrected chi connectivity index (χ2v) is 8.43. The van der Waals surface area contributed by atoms with E-state index in [-0.39, 0.29) is 43.3 Å².